The zero-order valence-electron chi connectivity index (χ0n) is 24.9. The Balaban J connectivity index is 1.14. The number of aliphatic imine (C=N–C) groups is 1. The van der Waals surface area contributed by atoms with Gasteiger partial charge in [0.05, 0.1) is 12.2 Å². The van der Waals surface area contributed by atoms with Crippen LogP contribution >= 0.6 is 11.8 Å². The number of nitrogens with zero attached hydrogens (tertiary/aromatic N) is 5. The number of carbonyl (C=O) groups is 1. The number of nitrogens with one attached hydrogen (secondary N) is 1. The van der Waals surface area contributed by atoms with Crippen LogP contribution in [0, 0.1) is 20.8 Å². The van der Waals surface area contributed by atoms with E-state index in [2.05, 4.69) is 69.9 Å². The van der Waals surface area contributed by atoms with Gasteiger partial charge >= 0.3 is 6.36 Å². The van der Waals surface area contributed by atoms with Crippen molar-refractivity contribution in [3.05, 3.63) is 89.2 Å². The molecule has 1 amide bonds. The molecular formula is C32H33F3N6O2S. The van der Waals surface area contributed by atoms with Crippen LogP contribution in [0.25, 0.3) is 17.1 Å². The first-order chi connectivity index (χ1) is 21.0. The first-order valence-corrected chi connectivity index (χ1v) is 15.1. The van der Waals surface area contributed by atoms with E-state index in [1.807, 2.05) is 24.3 Å². The average Bonchev–Trinajstić information content (AvgIpc) is 3.63. The molecular weight excluding hydrogens is 589 g/mol. The summed E-state index contributed by atoms with van der Waals surface area (Å²) in [4.78, 5) is 23.7. The normalized spacial score (nSPS) is 15.2. The van der Waals surface area contributed by atoms with Crippen molar-refractivity contribution < 1.29 is 22.7 Å². The van der Waals surface area contributed by atoms with Crippen molar-refractivity contribution in [3.8, 4) is 22.8 Å². The number of rotatable bonds is 9. The number of hydrogen-bond donors (Lipinski definition) is 1. The summed E-state index contributed by atoms with van der Waals surface area (Å²) in [5, 5.41) is 8.45. The number of aryl methyl sites for hydroxylation is 3. The molecule has 12 heteroatoms. The minimum atomic E-state index is -4.74. The lowest BCUT2D eigenvalue weighted by molar-refractivity contribution is -0.274. The number of anilines is 1. The van der Waals surface area contributed by atoms with Gasteiger partial charge in [-0.2, -0.15) is 4.99 Å². The van der Waals surface area contributed by atoms with Crippen molar-refractivity contribution >= 4 is 28.5 Å². The molecule has 0 bridgehead atoms. The second-order valence-corrected chi connectivity index (χ2v) is 11.8. The number of alkyl halides is 3. The van der Waals surface area contributed by atoms with Crippen LogP contribution in [0.4, 0.5) is 18.9 Å². The van der Waals surface area contributed by atoms with Crippen molar-refractivity contribution in [1.29, 1.82) is 0 Å². The fraction of sp³-hybridized carbons (Fsp3) is 0.312. The number of amides is 1. The maximum Gasteiger partial charge on any atom is 0.573 e. The van der Waals surface area contributed by atoms with Gasteiger partial charge in [0.1, 0.15) is 12.1 Å². The van der Waals surface area contributed by atoms with Crippen LogP contribution in [0.15, 0.2) is 72.0 Å². The van der Waals surface area contributed by atoms with Gasteiger partial charge in [-0.1, -0.05) is 60.6 Å². The van der Waals surface area contributed by atoms with Gasteiger partial charge in [0.15, 0.2) is 11.0 Å². The first-order valence-electron chi connectivity index (χ1n) is 14.2. The Hall–Kier alpha value is -4.16. The quantitative estimate of drug-likeness (QED) is 0.226. The van der Waals surface area contributed by atoms with E-state index in [0.29, 0.717) is 18.1 Å². The molecule has 2 heterocycles. The molecule has 1 fully saturated rings. The van der Waals surface area contributed by atoms with E-state index in [9.17, 15) is 18.0 Å². The molecule has 230 valence electrons. The molecule has 8 nitrogen and oxygen atoms in total. The van der Waals surface area contributed by atoms with Crippen LogP contribution in [-0.2, 0) is 4.79 Å². The third-order valence-electron chi connectivity index (χ3n) is 7.19. The smallest absolute Gasteiger partial charge is 0.406 e. The van der Waals surface area contributed by atoms with E-state index >= 15 is 0 Å². The number of hydrogen-bond acceptors (Lipinski definition) is 6. The molecule has 4 aromatic rings. The minimum Gasteiger partial charge on any atom is -0.406 e. The van der Waals surface area contributed by atoms with Gasteiger partial charge in [-0.05, 0) is 67.6 Å². The number of thioether (sulfide) groups is 1. The van der Waals surface area contributed by atoms with E-state index in [1.54, 1.807) is 11.8 Å². The zero-order valence-corrected chi connectivity index (χ0v) is 25.7. The molecule has 0 radical (unpaired) electrons. The highest BCUT2D eigenvalue weighted by atomic mass is 32.2. The molecule has 3 aromatic carbocycles. The lowest BCUT2D eigenvalue weighted by atomic mass is 9.99. The zero-order chi connectivity index (χ0) is 31.4. The third kappa shape index (κ3) is 7.67. The second kappa shape index (κ2) is 13.2. The third-order valence-corrected chi connectivity index (χ3v) is 8.15. The molecule has 0 aliphatic carbocycles. The van der Waals surface area contributed by atoms with Gasteiger partial charge in [-0.15, -0.1) is 18.3 Å². The second-order valence-electron chi connectivity index (χ2n) is 10.7. The number of ether oxygens (including phenoxy) is 1. The van der Waals surface area contributed by atoms with Crippen molar-refractivity contribution in [2.75, 3.05) is 30.3 Å². The summed E-state index contributed by atoms with van der Waals surface area (Å²) in [7, 11) is 0. The van der Waals surface area contributed by atoms with Crippen LogP contribution in [-0.4, -0.2) is 57.6 Å². The molecule has 1 aromatic heterocycles. The Morgan fingerprint density at radius 2 is 1.75 bits per heavy atom. The Kier molecular flexibility index (Phi) is 9.40. The lowest BCUT2D eigenvalue weighted by Crippen LogP contribution is -2.29. The van der Waals surface area contributed by atoms with Gasteiger partial charge in [-0.25, -0.2) is 9.67 Å². The number of benzene rings is 3. The van der Waals surface area contributed by atoms with Gasteiger partial charge in [0, 0.05) is 30.1 Å². The predicted molar refractivity (Wildman–Crippen MR) is 168 cm³/mol. The number of amidine groups is 1. The molecule has 1 N–H and O–H groups in total. The number of carbonyl (C=O) groups excluding carboxylic acids is 1. The predicted octanol–water partition coefficient (Wildman–Crippen LogP) is 6.59. The van der Waals surface area contributed by atoms with Gasteiger partial charge in [0.2, 0.25) is 0 Å². The highest BCUT2D eigenvalue weighted by Crippen LogP contribution is 2.32. The summed E-state index contributed by atoms with van der Waals surface area (Å²) >= 11 is 1.61. The largest absolute Gasteiger partial charge is 0.573 e. The van der Waals surface area contributed by atoms with Crippen molar-refractivity contribution in [1.82, 2.24) is 20.1 Å². The highest BCUT2D eigenvalue weighted by molar-refractivity contribution is 8.14. The monoisotopic (exact) mass is 622 g/mol. The summed E-state index contributed by atoms with van der Waals surface area (Å²) in [6.07, 6.45) is -3.24. The molecule has 1 unspecified atom stereocenters. The van der Waals surface area contributed by atoms with E-state index in [1.165, 1.54) is 52.0 Å². The summed E-state index contributed by atoms with van der Waals surface area (Å²) in [5.41, 5.74) is 7.15. The minimum absolute atomic E-state index is 0.141. The molecule has 1 atom stereocenters. The Morgan fingerprint density at radius 3 is 2.41 bits per heavy atom. The van der Waals surface area contributed by atoms with Crippen molar-refractivity contribution in [2.45, 2.75) is 40.0 Å². The maximum absolute atomic E-state index is 12.7. The Morgan fingerprint density at radius 1 is 1.07 bits per heavy atom. The summed E-state index contributed by atoms with van der Waals surface area (Å²) < 4.78 is 42.6. The summed E-state index contributed by atoms with van der Waals surface area (Å²) in [6.45, 7) is 9.93. The SMILES string of the molecule is Cc1cc(C)c(N2CCS/C2=N\C(=O)CNCC(C)c2ccc(-c3ncn(-c4ccc(OC(F)(F)F)cc4)n3)cc2)c(C)c1. The fourth-order valence-electron chi connectivity index (χ4n) is 5.24. The molecule has 44 heavy (non-hydrogen) atoms. The van der Waals surface area contributed by atoms with Gasteiger partial charge in [0.25, 0.3) is 5.91 Å². The molecule has 1 aliphatic heterocycles. The summed E-state index contributed by atoms with van der Waals surface area (Å²) in [6, 6.07) is 17.5. The van der Waals surface area contributed by atoms with Crippen LogP contribution in [0.3, 0.4) is 0 Å². The number of halogens is 3. The van der Waals surface area contributed by atoms with Crippen molar-refractivity contribution in [3.63, 3.8) is 0 Å². The van der Waals surface area contributed by atoms with Gasteiger partial charge < -0.3 is 15.0 Å². The average molecular weight is 623 g/mol. The molecule has 1 saturated heterocycles. The van der Waals surface area contributed by atoms with Crippen LogP contribution in [0.1, 0.15) is 35.1 Å². The topological polar surface area (TPSA) is 84.6 Å². The molecule has 0 spiro atoms. The Bertz CT molecular complexity index is 1630. The number of aromatic nitrogens is 3. The Labute approximate surface area is 258 Å². The van der Waals surface area contributed by atoms with E-state index in [4.69, 9.17) is 0 Å². The van der Waals surface area contributed by atoms with Crippen LogP contribution < -0.4 is 15.0 Å². The van der Waals surface area contributed by atoms with Gasteiger partial charge in [-0.3, -0.25) is 4.79 Å². The van der Waals surface area contributed by atoms with E-state index in [0.717, 1.165) is 34.3 Å². The van der Waals surface area contributed by atoms with E-state index in [-0.39, 0.29) is 24.1 Å². The summed E-state index contributed by atoms with van der Waals surface area (Å²) in [5.74, 6) is 1.01. The molecule has 5 rings (SSSR count). The van der Waals surface area contributed by atoms with Crippen LogP contribution in [0.2, 0.25) is 0 Å². The maximum atomic E-state index is 12.7. The lowest BCUT2D eigenvalue weighted by Gasteiger charge is -2.23. The fourth-order valence-corrected chi connectivity index (χ4v) is 6.20. The van der Waals surface area contributed by atoms with Crippen molar-refractivity contribution in [2.24, 2.45) is 4.99 Å². The molecule has 0 saturated carbocycles. The van der Waals surface area contributed by atoms with E-state index < -0.39 is 6.36 Å². The highest BCUT2D eigenvalue weighted by Gasteiger charge is 2.31. The molecule has 1 aliphatic rings. The first kappa shape index (κ1) is 31.3. The standard InChI is InChI=1S/C32H33F3N6O2S/c1-20-15-21(2)29(22(3)16-20)40-13-14-44-31(40)38-28(42)18-36-17-23(4)24-5-7-25(8-6-24)30-37-19-41(39-30)26-9-11-27(12-10-26)43-32(33,34)35/h5-12,15-16,19,23,36H,13-14,17-18H2,1-4H3/b38-31-. The van der Waals surface area contributed by atoms with Crippen LogP contribution in [0.5, 0.6) is 5.75 Å².